The highest BCUT2D eigenvalue weighted by Gasteiger charge is 2.26. The Hall–Kier alpha value is -0.870. The molecule has 0 spiro atoms. The Labute approximate surface area is 77.1 Å². The van der Waals surface area contributed by atoms with Crippen LogP contribution in [-0.4, -0.2) is 21.8 Å². The summed E-state index contributed by atoms with van der Waals surface area (Å²) in [5.41, 5.74) is 7.54. The van der Waals surface area contributed by atoms with Gasteiger partial charge in [0, 0.05) is 11.3 Å². The van der Waals surface area contributed by atoms with Gasteiger partial charge < -0.3 is 10.8 Å². The fourth-order valence-corrected chi connectivity index (χ4v) is 2.04. The van der Waals surface area contributed by atoms with Crippen molar-refractivity contribution in [3.63, 3.8) is 0 Å². The molecule has 0 amide bonds. The van der Waals surface area contributed by atoms with E-state index in [0.29, 0.717) is 12.5 Å². The number of aromatic amines is 1. The van der Waals surface area contributed by atoms with E-state index < -0.39 is 0 Å². The normalized spacial score (nSPS) is 27.2. The molecule has 2 atom stereocenters. The summed E-state index contributed by atoms with van der Waals surface area (Å²) < 4.78 is 0. The summed E-state index contributed by atoms with van der Waals surface area (Å²) in [5, 5.41) is 16.6. The van der Waals surface area contributed by atoms with Crippen molar-refractivity contribution >= 4 is 0 Å². The first-order valence-corrected chi connectivity index (χ1v) is 4.71. The summed E-state index contributed by atoms with van der Waals surface area (Å²) in [4.78, 5) is 0. The van der Waals surface area contributed by atoms with Crippen LogP contribution in [0.5, 0.6) is 0 Å². The Morgan fingerprint density at radius 1 is 1.69 bits per heavy atom. The number of rotatable bonds is 2. The second-order valence-corrected chi connectivity index (χ2v) is 3.70. The maximum absolute atomic E-state index is 9.75. The zero-order valence-electron chi connectivity index (χ0n) is 7.53. The number of H-pyrrole nitrogens is 1. The lowest BCUT2D eigenvalue weighted by molar-refractivity contribution is 0.129. The van der Waals surface area contributed by atoms with Crippen molar-refractivity contribution in [1.82, 2.24) is 10.2 Å². The van der Waals surface area contributed by atoms with Gasteiger partial charge in [0.25, 0.3) is 0 Å². The summed E-state index contributed by atoms with van der Waals surface area (Å²) in [6, 6.07) is 0. The topological polar surface area (TPSA) is 74.9 Å². The molecule has 0 radical (unpaired) electrons. The molecule has 0 saturated heterocycles. The molecule has 4 nitrogen and oxygen atoms in total. The third-order valence-electron chi connectivity index (χ3n) is 2.73. The van der Waals surface area contributed by atoms with Crippen LogP contribution in [0.3, 0.4) is 0 Å². The SMILES string of the molecule is NCCC1Cc2[nH]ncc2C(O)C1. The minimum atomic E-state index is -0.348. The molecule has 2 rings (SSSR count). The molecule has 0 aromatic carbocycles. The third-order valence-corrected chi connectivity index (χ3v) is 2.73. The Morgan fingerprint density at radius 3 is 3.31 bits per heavy atom. The van der Waals surface area contributed by atoms with Gasteiger partial charge >= 0.3 is 0 Å². The molecular formula is C9H15N3O. The molecule has 1 aromatic rings. The number of aliphatic hydroxyl groups is 1. The average Bonchev–Trinajstić information content (AvgIpc) is 2.53. The van der Waals surface area contributed by atoms with Gasteiger partial charge in [-0.2, -0.15) is 5.10 Å². The van der Waals surface area contributed by atoms with Crippen LogP contribution in [0.4, 0.5) is 0 Å². The van der Waals surface area contributed by atoms with E-state index in [0.717, 1.165) is 30.5 Å². The van der Waals surface area contributed by atoms with Crippen LogP contribution in [0.15, 0.2) is 6.20 Å². The second kappa shape index (κ2) is 3.47. The van der Waals surface area contributed by atoms with E-state index in [9.17, 15) is 5.11 Å². The van der Waals surface area contributed by atoms with Crippen molar-refractivity contribution in [3.8, 4) is 0 Å². The average molecular weight is 181 g/mol. The van der Waals surface area contributed by atoms with Gasteiger partial charge in [-0.15, -0.1) is 0 Å². The number of nitrogens with two attached hydrogens (primary N) is 1. The van der Waals surface area contributed by atoms with Gasteiger partial charge in [-0.3, -0.25) is 5.10 Å². The number of aromatic nitrogens is 2. The van der Waals surface area contributed by atoms with Gasteiger partial charge in [-0.1, -0.05) is 0 Å². The summed E-state index contributed by atoms with van der Waals surface area (Å²) in [5.74, 6) is 0.507. The van der Waals surface area contributed by atoms with Crippen LogP contribution in [0.1, 0.15) is 30.2 Å². The molecule has 0 fully saturated rings. The van der Waals surface area contributed by atoms with Crippen LogP contribution in [0, 0.1) is 5.92 Å². The first-order chi connectivity index (χ1) is 6.31. The molecule has 2 unspecified atom stereocenters. The van der Waals surface area contributed by atoms with E-state index >= 15 is 0 Å². The van der Waals surface area contributed by atoms with Crippen molar-refractivity contribution in [2.24, 2.45) is 11.7 Å². The first-order valence-electron chi connectivity index (χ1n) is 4.71. The van der Waals surface area contributed by atoms with Crippen LogP contribution >= 0.6 is 0 Å². The molecule has 4 heteroatoms. The molecule has 13 heavy (non-hydrogen) atoms. The molecule has 1 heterocycles. The highest BCUT2D eigenvalue weighted by molar-refractivity contribution is 5.22. The molecule has 1 aromatic heterocycles. The van der Waals surface area contributed by atoms with E-state index in [2.05, 4.69) is 10.2 Å². The molecule has 4 N–H and O–H groups in total. The lowest BCUT2D eigenvalue weighted by Crippen LogP contribution is -2.20. The smallest absolute Gasteiger partial charge is 0.0826 e. The highest BCUT2D eigenvalue weighted by atomic mass is 16.3. The van der Waals surface area contributed by atoms with E-state index in [1.54, 1.807) is 6.20 Å². The fraction of sp³-hybridized carbons (Fsp3) is 0.667. The first kappa shape index (κ1) is 8.72. The standard InChI is InChI=1S/C9H15N3O/c10-2-1-6-3-8-7(5-11-12-8)9(13)4-6/h5-6,9,13H,1-4,10H2,(H,11,12). The Morgan fingerprint density at radius 2 is 2.54 bits per heavy atom. The predicted molar refractivity (Wildman–Crippen MR) is 49.0 cm³/mol. The van der Waals surface area contributed by atoms with Gasteiger partial charge in [-0.05, 0) is 31.7 Å². The number of hydrogen-bond acceptors (Lipinski definition) is 3. The lowest BCUT2D eigenvalue weighted by atomic mass is 9.84. The third kappa shape index (κ3) is 1.59. The Balaban J connectivity index is 2.14. The van der Waals surface area contributed by atoms with Crippen molar-refractivity contribution in [1.29, 1.82) is 0 Å². The van der Waals surface area contributed by atoms with Gasteiger partial charge in [-0.25, -0.2) is 0 Å². The predicted octanol–water partition coefficient (Wildman–Crippen LogP) is 0.354. The van der Waals surface area contributed by atoms with E-state index in [1.807, 2.05) is 0 Å². The molecule has 0 bridgehead atoms. The van der Waals surface area contributed by atoms with Crippen molar-refractivity contribution in [2.75, 3.05) is 6.54 Å². The zero-order chi connectivity index (χ0) is 9.26. The van der Waals surface area contributed by atoms with Gasteiger partial charge in [0.05, 0.1) is 12.3 Å². The van der Waals surface area contributed by atoms with Crippen LogP contribution < -0.4 is 5.73 Å². The maximum Gasteiger partial charge on any atom is 0.0826 e. The molecule has 0 saturated carbocycles. The Kier molecular flexibility index (Phi) is 2.33. The molecule has 1 aliphatic carbocycles. The number of hydrogen-bond donors (Lipinski definition) is 3. The van der Waals surface area contributed by atoms with Gasteiger partial charge in [0.2, 0.25) is 0 Å². The van der Waals surface area contributed by atoms with Crippen LogP contribution in [0.25, 0.3) is 0 Å². The maximum atomic E-state index is 9.75. The van der Waals surface area contributed by atoms with E-state index in [4.69, 9.17) is 5.73 Å². The summed E-state index contributed by atoms with van der Waals surface area (Å²) >= 11 is 0. The second-order valence-electron chi connectivity index (χ2n) is 3.70. The zero-order valence-corrected chi connectivity index (χ0v) is 7.53. The van der Waals surface area contributed by atoms with Crippen molar-refractivity contribution in [3.05, 3.63) is 17.5 Å². The molecule has 1 aliphatic rings. The van der Waals surface area contributed by atoms with Crippen LogP contribution in [0.2, 0.25) is 0 Å². The minimum absolute atomic E-state index is 0.348. The van der Waals surface area contributed by atoms with E-state index in [-0.39, 0.29) is 6.10 Å². The quantitative estimate of drug-likeness (QED) is 0.616. The van der Waals surface area contributed by atoms with Gasteiger partial charge in [0.15, 0.2) is 0 Å². The minimum Gasteiger partial charge on any atom is -0.388 e. The lowest BCUT2D eigenvalue weighted by Gasteiger charge is -2.25. The van der Waals surface area contributed by atoms with E-state index in [1.165, 1.54) is 0 Å². The highest BCUT2D eigenvalue weighted by Crippen LogP contribution is 2.32. The number of nitrogens with one attached hydrogen (secondary N) is 1. The van der Waals surface area contributed by atoms with Gasteiger partial charge in [0.1, 0.15) is 0 Å². The Bertz CT molecular complexity index is 284. The molecular weight excluding hydrogens is 166 g/mol. The summed E-state index contributed by atoms with van der Waals surface area (Å²) in [7, 11) is 0. The monoisotopic (exact) mass is 181 g/mol. The number of fused-ring (bicyclic) bond motifs is 1. The number of nitrogens with zero attached hydrogens (tertiary/aromatic N) is 1. The molecule has 0 aliphatic heterocycles. The van der Waals surface area contributed by atoms with Crippen molar-refractivity contribution < 1.29 is 5.11 Å². The largest absolute Gasteiger partial charge is 0.388 e. The fourth-order valence-electron chi connectivity index (χ4n) is 2.04. The summed E-state index contributed by atoms with van der Waals surface area (Å²) in [6.07, 6.45) is 4.15. The van der Waals surface area contributed by atoms with Crippen LogP contribution in [-0.2, 0) is 6.42 Å². The number of aliphatic hydroxyl groups excluding tert-OH is 1. The molecule has 72 valence electrons. The summed E-state index contributed by atoms with van der Waals surface area (Å²) in [6.45, 7) is 0.695. The van der Waals surface area contributed by atoms with Crippen molar-refractivity contribution in [2.45, 2.75) is 25.4 Å².